The summed E-state index contributed by atoms with van der Waals surface area (Å²) in [7, 11) is 0. The fourth-order valence-corrected chi connectivity index (χ4v) is 1.89. The fourth-order valence-electron chi connectivity index (χ4n) is 1.89. The van der Waals surface area contributed by atoms with Crippen molar-refractivity contribution in [2.75, 3.05) is 0 Å². The summed E-state index contributed by atoms with van der Waals surface area (Å²) in [5, 5.41) is 7.65. The van der Waals surface area contributed by atoms with E-state index in [2.05, 4.69) is 39.2 Å². The van der Waals surface area contributed by atoms with E-state index in [1.54, 1.807) is 11.0 Å². The molecule has 1 fully saturated rings. The summed E-state index contributed by atoms with van der Waals surface area (Å²) >= 11 is 0. The molecule has 1 aliphatic carbocycles. The van der Waals surface area contributed by atoms with E-state index in [9.17, 15) is 0 Å². The molecule has 0 bridgehead atoms. The minimum absolute atomic E-state index is 0.324. The zero-order valence-corrected chi connectivity index (χ0v) is 11.2. The van der Waals surface area contributed by atoms with Gasteiger partial charge in [0.1, 0.15) is 24.2 Å². The van der Waals surface area contributed by atoms with Gasteiger partial charge in [-0.25, -0.2) is 19.6 Å². The molecule has 1 N–H and O–H groups in total. The zero-order chi connectivity index (χ0) is 13.2. The average molecular weight is 258 g/mol. The zero-order valence-electron chi connectivity index (χ0n) is 11.2. The van der Waals surface area contributed by atoms with E-state index in [1.807, 2.05) is 6.20 Å². The SMILES string of the molecule is CC(C)c1ncc(-n2cncn2)c(CNC2CC2)n1. The van der Waals surface area contributed by atoms with Crippen LogP contribution >= 0.6 is 0 Å². The van der Waals surface area contributed by atoms with Crippen molar-refractivity contribution in [1.29, 1.82) is 0 Å². The van der Waals surface area contributed by atoms with E-state index in [0.29, 0.717) is 12.0 Å². The predicted molar refractivity (Wildman–Crippen MR) is 70.9 cm³/mol. The first-order valence-electron chi connectivity index (χ1n) is 6.68. The first-order chi connectivity index (χ1) is 9.24. The van der Waals surface area contributed by atoms with E-state index in [-0.39, 0.29) is 0 Å². The molecule has 3 rings (SSSR count). The molecule has 1 aliphatic rings. The predicted octanol–water partition coefficient (Wildman–Crippen LogP) is 1.43. The van der Waals surface area contributed by atoms with Crippen LogP contribution in [0.25, 0.3) is 5.69 Å². The number of rotatable bonds is 5. The van der Waals surface area contributed by atoms with Crippen molar-refractivity contribution in [2.24, 2.45) is 0 Å². The second-order valence-corrected chi connectivity index (χ2v) is 5.21. The molecule has 0 radical (unpaired) electrons. The van der Waals surface area contributed by atoms with Crippen molar-refractivity contribution in [1.82, 2.24) is 30.0 Å². The summed E-state index contributed by atoms with van der Waals surface area (Å²) in [5.74, 6) is 1.20. The second-order valence-electron chi connectivity index (χ2n) is 5.21. The molecule has 1 saturated carbocycles. The van der Waals surface area contributed by atoms with Crippen molar-refractivity contribution in [2.45, 2.75) is 45.2 Å². The summed E-state index contributed by atoms with van der Waals surface area (Å²) in [4.78, 5) is 13.1. The van der Waals surface area contributed by atoms with Gasteiger partial charge in [0.2, 0.25) is 0 Å². The Hall–Kier alpha value is -1.82. The topological polar surface area (TPSA) is 68.5 Å². The molecule has 0 saturated heterocycles. The van der Waals surface area contributed by atoms with Crippen molar-refractivity contribution >= 4 is 0 Å². The molecule has 2 aromatic rings. The first kappa shape index (κ1) is 12.2. The normalized spacial score (nSPS) is 15.1. The van der Waals surface area contributed by atoms with Crippen molar-refractivity contribution in [3.63, 3.8) is 0 Å². The standard InChI is InChI=1S/C13H18N6/c1-9(2)13-16-6-12(19-8-14-7-17-19)11(18-13)5-15-10-3-4-10/h6-10,15H,3-5H2,1-2H3. The minimum Gasteiger partial charge on any atom is -0.308 e. The summed E-state index contributed by atoms with van der Waals surface area (Å²) in [5.41, 5.74) is 1.88. The minimum atomic E-state index is 0.324. The van der Waals surface area contributed by atoms with Crippen molar-refractivity contribution in [3.05, 3.63) is 30.4 Å². The van der Waals surface area contributed by atoms with Gasteiger partial charge in [-0.2, -0.15) is 5.10 Å². The van der Waals surface area contributed by atoms with E-state index in [1.165, 1.54) is 19.2 Å². The van der Waals surface area contributed by atoms with Gasteiger partial charge in [-0.05, 0) is 12.8 Å². The highest BCUT2D eigenvalue weighted by atomic mass is 15.3. The average Bonchev–Trinajstić information content (AvgIpc) is 3.08. The van der Waals surface area contributed by atoms with Crippen LogP contribution in [0.2, 0.25) is 0 Å². The Bertz CT molecular complexity index is 544. The molecule has 0 unspecified atom stereocenters. The molecule has 0 amide bonds. The number of hydrogen-bond donors (Lipinski definition) is 1. The van der Waals surface area contributed by atoms with Gasteiger partial charge in [-0.3, -0.25) is 0 Å². The Labute approximate surface area is 112 Å². The van der Waals surface area contributed by atoms with Crippen LogP contribution in [-0.2, 0) is 6.54 Å². The third-order valence-corrected chi connectivity index (χ3v) is 3.18. The second kappa shape index (κ2) is 5.05. The Morgan fingerprint density at radius 3 is 2.89 bits per heavy atom. The summed E-state index contributed by atoms with van der Waals surface area (Å²) < 4.78 is 1.72. The summed E-state index contributed by atoms with van der Waals surface area (Å²) in [6.07, 6.45) is 7.56. The van der Waals surface area contributed by atoms with E-state index < -0.39 is 0 Å². The van der Waals surface area contributed by atoms with Crippen LogP contribution in [0.5, 0.6) is 0 Å². The maximum atomic E-state index is 4.67. The lowest BCUT2D eigenvalue weighted by Gasteiger charge is -2.12. The highest BCUT2D eigenvalue weighted by Gasteiger charge is 2.21. The molecule has 19 heavy (non-hydrogen) atoms. The van der Waals surface area contributed by atoms with E-state index in [0.717, 1.165) is 23.8 Å². The molecule has 0 aliphatic heterocycles. The highest BCUT2D eigenvalue weighted by molar-refractivity contribution is 5.33. The first-order valence-corrected chi connectivity index (χ1v) is 6.68. The molecule has 2 heterocycles. The maximum absolute atomic E-state index is 4.67. The maximum Gasteiger partial charge on any atom is 0.138 e. The van der Waals surface area contributed by atoms with Crippen LogP contribution in [0.15, 0.2) is 18.9 Å². The quantitative estimate of drug-likeness (QED) is 0.878. The summed E-state index contributed by atoms with van der Waals surface area (Å²) in [6.45, 7) is 4.95. The monoisotopic (exact) mass is 258 g/mol. The van der Waals surface area contributed by atoms with E-state index in [4.69, 9.17) is 0 Å². The largest absolute Gasteiger partial charge is 0.308 e. The van der Waals surface area contributed by atoms with Crippen LogP contribution in [0, 0.1) is 0 Å². The van der Waals surface area contributed by atoms with Gasteiger partial charge in [0.25, 0.3) is 0 Å². The third-order valence-electron chi connectivity index (χ3n) is 3.18. The molecule has 0 atom stereocenters. The molecule has 6 nitrogen and oxygen atoms in total. The van der Waals surface area contributed by atoms with Gasteiger partial charge in [0.05, 0.1) is 11.9 Å². The van der Waals surface area contributed by atoms with Gasteiger partial charge in [-0.15, -0.1) is 0 Å². The lowest BCUT2D eigenvalue weighted by atomic mass is 10.2. The van der Waals surface area contributed by atoms with Crippen LogP contribution in [0.4, 0.5) is 0 Å². The number of nitrogens with zero attached hydrogens (tertiary/aromatic N) is 5. The van der Waals surface area contributed by atoms with E-state index >= 15 is 0 Å². The van der Waals surface area contributed by atoms with Crippen LogP contribution < -0.4 is 5.32 Å². The molecule has 6 heteroatoms. The Morgan fingerprint density at radius 2 is 2.26 bits per heavy atom. The molecular formula is C13H18N6. The van der Waals surface area contributed by atoms with Gasteiger partial charge in [0, 0.05) is 18.5 Å². The van der Waals surface area contributed by atoms with Gasteiger partial charge >= 0.3 is 0 Å². The van der Waals surface area contributed by atoms with Crippen molar-refractivity contribution in [3.8, 4) is 5.69 Å². The Morgan fingerprint density at radius 1 is 1.42 bits per heavy atom. The van der Waals surface area contributed by atoms with Crippen LogP contribution in [0.3, 0.4) is 0 Å². The number of hydrogen-bond acceptors (Lipinski definition) is 5. The van der Waals surface area contributed by atoms with Gasteiger partial charge in [0.15, 0.2) is 0 Å². The van der Waals surface area contributed by atoms with Crippen molar-refractivity contribution < 1.29 is 0 Å². The third kappa shape index (κ3) is 2.78. The smallest absolute Gasteiger partial charge is 0.138 e. The molecule has 100 valence electrons. The highest BCUT2D eigenvalue weighted by Crippen LogP contribution is 2.20. The number of nitrogens with one attached hydrogen (secondary N) is 1. The molecule has 0 spiro atoms. The Balaban J connectivity index is 1.91. The van der Waals surface area contributed by atoms with Gasteiger partial charge < -0.3 is 5.32 Å². The molecule has 2 aromatic heterocycles. The summed E-state index contributed by atoms with van der Waals surface area (Å²) in [6, 6.07) is 0.654. The lowest BCUT2D eigenvalue weighted by molar-refractivity contribution is 0.650. The lowest BCUT2D eigenvalue weighted by Crippen LogP contribution is -2.19. The Kier molecular flexibility index (Phi) is 3.25. The van der Waals surface area contributed by atoms with Crippen LogP contribution in [-0.4, -0.2) is 30.8 Å². The molecule has 0 aromatic carbocycles. The van der Waals surface area contributed by atoms with Gasteiger partial charge in [-0.1, -0.05) is 13.8 Å². The van der Waals surface area contributed by atoms with Crippen LogP contribution in [0.1, 0.15) is 44.1 Å². The molecular weight excluding hydrogens is 240 g/mol. The number of aromatic nitrogens is 5. The fraction of sp³-hybridized carbons (Fsp3) is 0.538.